The molecular formula is C23H23F3N8O3. The molecule has 5 rings (SSSR count). The lowest BCUT2D eigenvalue weighted by atomic mass is 9.93. The summed E-state index contributed by atoms with van der Waals surface area (Å²) in [7, 11) is 0. The van der Waals surface area contributed by atoms with Gasteiger partial charge in [-0.15, -0.1) is 0 Å². The summed E-state index contributed by atoms with van der Waals surface area (Å²) in [5.41, 5.74) is -0.229. The fourth-order valence-electron chi connectivity index (χ4n) is 4.04. The van der Waals surface area contributed by atoms with Crippen molar-refractivity contribution in [2.24, 2.45) is 0 Å². The van der Waals surface area contributed by atoms with Gasteiger partial charge in [0.2, 0.25) is 17.7 Å². The van der Waals surface area contributed by atoms with Crippen LogP contribution in [0.5, 0.6) is 11.6 Å². The molecule has 2 aliphatic rings. The SMILES string of the molecule is [2H]C([2H])([2H])N1c2nc(NCc3ccc(Oc4cnc(C(F)(F)F)nc4)nc3)nc3c2N(CCC3)C(=O)[C@]1(C)CO. The lowest BCUT2D eigenvalue weighted by Gasteiger charge is -2.47. The summed E-state index contributed by atoms with van der Waals surface area (Å²) in [4.78, 5) is 35.1. The third-order valence-corrected chi connectivity index (χ3v) is 6.07. The predicted octanol–water partition coefficient (Wildman–Crippen LogP) is 2.56. The van der Waals surface area contributed by atoms with Gasteiger partial charge in [0.25, 0.3) is 5.91 Å². The molecule has 11 nitrogen and oxygen atoms in total. The van der Waals surface area contributed by atoms with Crippen molar-refractivity contribution in [1.82, 2.24) is 24.9 Å². The van der Waals surface area contributed by atoms with Crippen LogP contribution in [0.2, 0.25) is 0 Å². The van der Waals surface area contributed by atoms with Crippen LogP contribution in [0.25, 0.3) is 0 Å². The van der Waals surface area contributed by atoms with E-state index in [-0.39, 0.29) is 29.9 Å². The largest absolute Gasteiger partial charge is 0.451 e. The Bertz CT molecular complexity index is 1420. The molecule has 0 saturated heterocycles. The second-order valence-corrected chi connectivity index (χ2v) is 8.69. The Morgan fingerprint density at radius 1 is 1.22 bits per heavy atom. The van der Waals surface area contributed by atoms with Crippen LogP contribution in [0.15, 0.2) is 30.7 Å². The molecule has 37 heavy (non-hydrogen) atoms. The van der Waals surface area contributed by atoms with Gasteiger partial charge >= 0.3 is 6.18 Å². The monoisotopic (exact) mass is 519 g/mol. The van der Waals surface area contributed by atoms with E-state index in [9.17, 15) is 23.1 Å². The zero-order valence-corrected chi connectivity index (χ0v) is 19.5. The number of halogens is 3. The van der Waals surface area contributed by atoms with Crippen LogP contribution in [0.1, 0.15) is 34.5 Å². The molecule has 2 aliphatic heterocycles. The molecule has 0 fully saturated rings. The molecule has 0 spiro atoms. The Balaban J connectivity index is 1.35. The maximum absolute atomic E-state index is 13.2. The Kier molecular flexibility index (Phi) is 5.18. The Hall–Kier alpha value is -4.07. The first-order valence-corrected chi connectivity index (χ1v) is 11.2. The van der Waals surface area contributed by atoms with E-state index in [2.05, 4.69) is 30.2 Å². The van der Waals surface area contributed by atoms with Crippen LogP contribution in [0.4, 0.5) is 30.6 Å². The quantitative estimate of drug-likeness (QED) is 0.501. The van der Waals surface area contributed by atoms with Crippen molar-refractivity contribution in [1.29, 1.82) is 0 Å². The van der Waals surface area contributed by atoms with E-state index >= 15 is 0 Å². The number of likely N-dealkylation sites (N-methyl/N-ethyl adjacent to an activating group) is 1. The highest BCUT2D eigenvalue weighted by Gasteiger charge is 2.48. The van der Waals surface area contributed by atoms with E-state index in [0.29, 0.717) is 36.3 Å². The van der Waals surface area contributed by atoms with Crippen LogP contribution in [-0.4, -0.2) is 61.6 Å². The Labute approximate surface area is 213 Å². The predicted molar refractivity (Wildman–Crippen MR) is 125 cm³/mol. The third-order valence-electron chi connectivity index (χ3n) is 6.07. The van der Waals surface area contributed by atoms with Crippen molar-refractivity contribution in [2.45, 2.75) is 38.0 Å². The highest BCUT2D eigenvalue weighted by molar-refractivity contribution is 6.08. The summed E-state index contributed by atoms with van der Waals surface area (Å²) in [5, 5.41) is 13.1. The number of nitrogens with one attached hydrogen (secondary N) is 1. The number of carbonyl (C=O) groups is 1. The standard InChI is InChI=1S/C23H23F3N8O3/c1-22(12-35)20(36)34-7-3-4-15-17(34)18(33(22)2)32-21(31-15)30-9-13-5-6-16(27-8-13)37-14-10-28-19(29-11-14)23(24,25)26/h5-6,8,10-11,35H,3-4,7,9,12H2,1-2H3,(H,30,31,32)/t22-/m0/s1/i2D3. The van der Waals surface area contributed by atoms with Crippen molar-refractivity contribution in [3.05, 3.63) is 47.8 Å². The summed E-state index contributed by atoms with van der Waals surface area (Å²) < 4.78 is 67.5. The minimum atomic E-state index is -4.66. The number of hydrogen-bond donors (Lipinski definition) is 2. The summed E-state index contributed by atoms with van der Waals surface area (Å²) in [6.45, 7) is -1.57. The minimum Gasteiger partial charge on any atom is -0.436 e. The highest BCUT2D eigenvalue weighted by atomic mass is 19.4. The first kappa shape index (κ1) is 21.1. The lowest BCUT2D eigenvalue weighted by Crippen LogP contribution is -2.64. The van der Waals surface area contributed by atoms with E-state index in [1.165, 1.54) is 24.1 Å². The Morgan fingerprint density at radius 3 is 2.65 bits per heavy atom. The summed E-state index contributed by atoms with van der Waals surface area (Å²) in [6, 6.07) is 3.15. The number of pyridine rings is 1. The summed E-state index contributed by atoms with van der Waals surface area (Å²) >= 11 is 0. The van der Waals surface area contributed by atoms with Crippen molar-refractivity contribution < 1.29 is 31.9 Å². The van der Waals surface area contributed by atoms with Gasteiger partial charge in [-0.3, -0.25) is 4.79 Å². The number of aromatic nitrogens is 5. The molecule has 0 radical (unpaired) electrons. The van der Waals surface area contributed by atoms with Crippen molar-refractivity contribution in [2.75, 3.05) is 35.2 Å². The number of aliphatic hydroxyl groups excluding tert-OH is 1. The van der Waals surface area contributed by atoms with E-state index in [1.54, 1.807) is 6.07 Å². The van der Waals surface area contributed by atoms with Gasteiger partial charge in [-0.1, -0.05) is 6.07 Å². The molecule has 194 valence electrons. The molecule has 0 aliphatic carbocycles. The van der Waals surface area contributed by atoms with Crippen molar-refractivity contribution in [3.63, 3.8) is 0 Å². The smallest absolute Gasteiger partial charge is 0.436 e. The summed E-state index contributed by atoms with van der Waals surface area (Å²) in [6.07, 6.45) is -0.287. The van der Waals surface area contributed by atoms with Gasteiger partial charge < -0.3 is 25.0 Å². The number of ether oxygens (including phenoxy) is 1. The van der Waals surface area contributed by atoms with Gasteiger partial charge in [0.15, 0.2) is 11.6 Å². The summed E-state index contributed by atoms with van der Waals surface area (Å²) in [5.74, 6) is -1.58. The Morgan fingerprint density at radius 2 is 2.00 bits per heavy atom. The topological polar surface area (TPSA) is 129 Å². The van der Waals surface area contributed by atoms with E-state index in [0.717, 1.165) is 17.3 Å². The molecule has 0 unspecified atom stereocenters. The molecule has 1 amide bonds. The molecule has 0 bridgehead atoms. The van der Waals surface area contributed by atoms with Crippen LogP contribution >= 0.6 is 0 Å². The first-order valence-electron chi connectivity index (χ1n) is 12.7. The molecule has 0 saturated carbocycles. The molecule has 0 aromatic carbocycles. The first-order chi connectivity index (χ1) is 18.8. The maximum atomic E-state index is 13.2. The third kappa shape index (κ3) is 4.48. The van der Waals surface area contributed by atoms with Crippen molar-refractivity contribution >= 4 is 23.4 Å². The van der Waals surface area contributed by atoms with Crippen LogP contribution in [0, 0.1) is 0 Å². The lowest BCUT2D eigenvalue weighted by molar-refractivity contribution is -0.145. The second kappa shape index (κ2) is 9.10. The van der Waals surface area contributed by atoms with Crippen LogP contribution in [-0.2, 0) is 23.9 Å². The van der Waals surface area contributed by atoms with Gasteiger partial charge in [0.1, 0.15) is 11.2 Å². The van der Waals surface area contributed by atoms with E-state index < -0.39 is 37.0 Å². The number of carbonyl (C=O) groups excluding carboxylic acids is 1. The number of alkyl halides is 3. The number of aryl methyl sites for hydroxylation is 1. The highest BCUT2D eigenvalue weighted by Crippen LogP contribution is 2.43. The molecule has 1 atom stereocenters. The van der Waals surface area contributed by atoms with Crippen LogP contribution < -0.4 is 19.9 Å². The number of hydrogen-bond acceptors (Lipinski definition) is 10. The van der Waals surface area contributed by atoms with Gasteiger partial charge in [-0.05, 0) is 25.3 Å². The normalized spacial score (nSPS) is 20.6. The molecule has 14 heteroatoms. The fourth-order valence-corrected chi connectivity index (χ4v) is 4.04. The maximum Gasteiger partial charge on any atom is 0.451 e. The number of nitrogens with zero attached hydrogens (tertiary/aromatic N) is 7. The number of amides is 1. The van der Waals surface area contributed by atoms with Crippen LogP contribution in [0.3, 0.4) is 0 Å². The molecular weight excluding hydrogens is 493 g/mol. The number of anilines is 3. The van der Waals surface area contributed by atoms with Gasteiger partial charge in [-0.25, -0.2) is 19.9 Å². The average Bonchev–Trinajstić information content (AvgIpc) is 2.90. The number of rotatable bonds is 6. The minimum absolute atomic E-state index is 0.0241. The number of aliphatic hydroxyl groups is 1. The molecule has 3 aromatic rings. The second-order valence-electron chi connectivity index (χ2n) is 8.69. The van der Waals surface area contributed by atoms with Crippen molar-refractivity contribution in [3.8, 4) is 11.6 Å². The molecule has 5 heterocycles. The average molecular weight is 520 g/mol. The zero-order chi connectivity index (χ0) is 28.9. The van der Waals surface area contributed by atoms with Gasteiger partial charge in [0.05, 0.1) is 24.7 Å². The van der Waals surface area contributed by atoms with Gasteiger partial charge in [-0.2, -0.15) is 18.2 Å². The molecule has 2 N–H and O–H groups in total. The zero-order valence-electron chi connectivity index (χ0n) is 22.5. The van der Waals surface area contributed by atoms with E-state index in [1.807, 2.05) is 0 Å². The van der Waals surface area contributed by atoms with Gasteiger partial charge in [0, 0.05) is 36.4 Å². The van der Waals surface area contributed by atoms with E-state index in [4.69, 9.17) is 8.85 Å². The fraction of sp³-hybridized carbons (Fsp3) is 0.391. The molecule has 3 aromatic heterocycles.